The lowest BCUT2D eigenvalue weighted by Gasteiger charge is -2.09. The van der Waals surface area contributed by atoms with Gasteiger partial charge < -0.3 is 10.1 Å². The molecule has 0 aliphatic rings. The topological polar surface area (TPSA) is 84.5 Å². The summed E-state index contributed by atoms with van der Waals surface area (Å²) >= 11 is 0. The minimum atomic E-state index is -3.78. The number of urea groups is 1. The number of para-hydroxylation sites is 1. The molecule has 2 aromatic carbocycles. The zero-order valence-electron chi connectivity index (χ0n) is 11.9. The minimum absolute atomic E-state index is 0.292. The molecule has 0 saturated carbocycles. The van der Waals surface area contributed by atoms with Crippen LogP contribution in [0.2, 0.25) is 0 Å². The van der Waals surface area contributed by atoms with Crippen LogP contribution < -0.4 is 14.8 Å². The van der Waals surface area contributed by atoms with E-state index in [4.69, 9.17) is 4.74 Å². The first-order chi connectivity index (χ1) is 10.5. The summed E-state index contributed by atoms with van der Waals surface area (Å²) in [5.41, 5.74) is 1.07. The van der Waals surface area contributed by atoms with Gasteiger partial charge in [-0.2, -0.15) is 0 Å². The Kier molecular flexibility index (Phi) is 5.00. The normalized spacial score (nSPS) is 10.8. The molecule has 22 heavy (non-hydrogen) atoms. The van der Waals surface area contributed by atoms with E-state index in [1.165, 1.54) is 7.11 Å². The SMILES string of the molecule is COc1ccc(CS(=O)(=O)NC(=O)Nc2ccccc2)cc1. The number of ether oxygens (including phenoxy) is 1. The summed E-state index contributed by atoms with van der Waals surface area (Å²) in [5.74, 6) is 0.343. The third kappa shape index (κ3) is 4.78. The molecule has 116 valence electrons. The highest BCUT2D eigenvalue weighted by Gasteiger charge is 2.15. The van der Waals surface area contributed by atoms with E-state index in [0.29, 0.717) is 17.0 Å². The summed E-state index contributed by atoms with van der Waals surface area (Å²) in [5, 5.41) is 2.45. The molecule has 2 N–H and O–H groups in total. The molecule has 0 saturated heterocycles. The molecule has 7 heteroatoms. The van der Waals surface area contributed by atoms with E-state index in [1.807, 2.05) is 4.72 Å². The Morgan fingerprint density at radius 1 is 1.05 bits per heavy atom. The molecule has 0 fully saturated rings. The number of anilines is 1. The number of carbonyl (C=O) groups excluding carboxylic acids is 1. The van der Waals surface area contributed by atoms with E-state index in [-0.39, 0.29) is 5.75 Å². The van der Waals surface area contributed by atoms with E-state index in [2.05, 4.69) is 5.32 Å². The summed E-state index contributed by atoms with van der Waals surface area (Å²) in [6.07, 6.45) is 0. The standard InChI is InChI=1S/C15H16N2O4S/c1-21-14-9-7-12(8-10-14)11-22(19,20)17-15(18)16-13-5-3-2-4-6-13/h2-10H,11H2,1H3,(H2,16,17,18). The molecule has 2 aromatic rings. The van der Waals surface area contributed by atoms with Crippen LogP contribution in [-0.2, 0) is 15.8 Å². The van der Waals surface area contributed by atoms with Crippen LogP contribution in [0.4, 0.5) is 10.5 Å². The van der Waals surface area contributed by atoms with Gasteiger partial charge in [0.05, 0.1) is 12.9 Å². The van der Waals surface area contributed by atoms with Crippen molar-refractivity contribution in [2.45, 2.75) is 5.75 Å². The number of sulfonamides is 1. The van der Waals surface area contributed by atoms with Crippen molar-refractivity contribution >= 4 is 21.7 Å². The second-order valence-corrected chi connectivity index (χ2v) is 6.25. The molecule has 0 aliphatic carbocycles. The van der Waals surface area contributed by atoms with Crippen LogP contribution in [0.1, 0.15) is 5.56 Å². The Bertz CT molecular complexity index is 728. The highest BCUT2D eigenvalue weighted by Crippen LogP contribution is 2.13. The molecule has 2 rings (SSSR count). The Morgan fingerprint density at radius 3 is 2.27 bits per heavy atom. The van der Waals surface area contributed by atoms with Crippen molar-refractivity contribution in [1.82, 2.24) is 4.72 Å². The highest BCUT2D eigenvalue weighted by molar-refractivity contribution is 7.89. The number of hydrogen-bond acceptors (Lipinski definition) is 4. The molecule has 0 heterocycles. The molecule has 6 nitrogen and oxygen atoms in total. The lowest BCUT2D eigenvalue weighted by atomic mass is 10.2. The van der Waals surface area contributed by atoms with Crippen molar-refractivity contribution in [3.05, 3.63) is 60.2 Å². The van der Waals surface area contributed by atoms with Gasteiger partial charge in [-0.05, 0) is 29.8 Å². The zero-order chi connectivity index (χ0) is 16.0. The van der Waals surface area contributed by atoms with Gasteiger partial charge in [0, 0.05) is 5.69 Å². The summed E-state index contributed by atoms with van der Waals surface area (Å²) in [4.78, 5) is 11.7. The Labute approximate surface area is 129 Å². The number of hydrogen-bond donors (Lipinski definition) is 2. The van der Waals surface area contributed by atoms with Crippen molar-refractivity contribution in [3.63, 3.8) is 0 Å². The maximum absolute atomic E-state index is 12.0. The van der Waals surface area contributed by atoms with Crippen LogP contribution in [0.25, 0.3) is 0 Å². The molecule has 0 aromatic heterocycles. The van der Waals surface area contributed by atoms with Crippen LogP contribution in [-0.4, -0.2) is 21.6 Å². The predicted molar refractivity (Wildman–Crippen MR) is 84.2 cm³/mol. The second kappa shape index (κ2) is 6.95. The van der Waals surface area contributed by atoms with Crippen molar-refractivity contribution in [3.8, 4) is 5.75 Å². The van der Waals surface area contributed by atoms with Crippen LogP contribution in [0.15, 0.2) is 54.6 Å². The molecule has 0 aliphatic heterocycles. The minimum Gasteiger partial charge on any atom is -0.497 e. The number of methoxy groups -OCH3 is 1. The lowest BCUT2D eigenvalue weighted by Crippen LogP contribution is -2.35. The molecule has 0 spiro atoms. The van der Waals surface area contributed by atoms with Gasteiger partial charge in [0.25, 0.3) is 0 Å². The van der Waals surface area contributed by atoms with Gasteiger partial charge >= 0.3 is 6.03 Å². The third-order valence-electron chi connectivity index (χ3n) is 2.80. The Morgan fingerprint density at radius 2 is 1.68 bits per heavy atom. The van der Waals surface area contributed by atoms with Crippen molar-refractivity contribution in [1.29, 1.82) is 0 Å². The first-order valence-corrected chi connectivity index (χ1v) is 8.13. The number of carbonyl (C=O) groups is 1. The maximum Gasteiger partial charge on any atom is 0.332 e. The van der Waals surface area contributed by atoms with Gasteiger partial charge in [-0.25, -0.2) is 17.9 Å². The molecule has 0 unspecified atom stereocenters. The van der Waals surface area contributed by atoms with Gasteiger partial charge in [0.1, 0.15) is 5.75 Å². The highest BCUT2D eigenvalue weighted by atomic mass is 32.2. The number of rotatable bonds is 5. The predicted octanol–water partition coefficient (Wildman–Crippen LogP) is 2.35. The van der Waals surface area contributed by atoms with Crippen molar-refractivity contribution in [2.75, 3.05) is 12.4 Å². The fourth-order valence-corrected chi connectivity index (χ4v) is 2.83. The molecule has 0 bridgehead atoms. The third-order valence-corrected chi connectivity index (χ3v) is 4.01. The Balaban J connectivity index is 1.96. The quantitative estimate of drug-likeness (QED) is 0.885. The fraction of sp³-hybridized carbons (Fsp3) is 0.133. The molecule has 0 radical (unpaired) electrons. The van der Waals surface area contributed by atoms with Crippen LogP contribution >= 0.6 is 0 Å². The number of benzene rings is 2. The zero-order valence-corrected chi connectivity index (χ0v) is 12.8. The average molecular weight is 320 g/mol. The maximum atomic E-state index is 12.0. The summed E-state index contributed by atoms with van der Waals surface area (Å²) < 4.78 is 30.9. The number of amides is 2. The smallest absolute Gasteiger partial charge is 0.332 e. The van der Waals surface area contributed by atoms with E-state index in [9.17, 15) is 13.2 Å². The van der Waals surface area contributed by atoms with Gasteiger partial charge in [-0.15, -0.1) is 0 Å². The van der Waals surface area contributed by atoms with Gasteiger partial charge in [-0.1, -0.05) is 30.3 Å². The van der Waals surface area contributed by atoms with Gasteiger partial charge in [0.2, 0.25) is 10.0 Å². The van der Waals surface area contributed by atoms with E-state index in [1.54, 1.807) is 54.6 Å². The van der Waals surface area contributed by atoms with E-state index >= 15 is 0 Å². The fourth-order valence-electron chi connectivity index (χ4n) is 1.80. The first-order valence-electron chi connectivity index (χ1n) is 6.48. The van der Waals surface area contributed by atoms with Gasteiger partial charge in [0.15, 0.2) is 0 Å². The van der Waals surface area contributed by atoms with Crippen molar-refractivity contribution in [2.24, 2.45) is 0 Å². The largest absolute Gasteiger partial charge is 0.497 e. The van der Waals surface area contributed by atoms with E-state index in [0.717, 1.165) is 0 Å². The lowest BCUT2D eigenvalue weighted by molar-refractivity contribution is 0.256. The summed E-state index contributed by atoms with van der Waals surface area (Å²) in [6, 6.07) is 14.4. The van der Waals surface area contributed by atoms with Gasteiger partial charge in [-0.3, -0.25) is 0 Å². The average Bonchev–Trinajstić information content (AvgIpc) is 2.48. The van der Waals surface area contributed by atoms with E-state index < -0.39 is 16.1 Å². The second-order valence-electron chi connectivity index (χ2n) is 4.53. The van der Waals surface area contributed by atoms with Crippen LogP contribution in [0.5, 0.6) is 5.75 Å². The summed E-state index contributed by atoms with van der Waals surface area (Å²) in [6.45, 7) is 0. The molecule has 2 amide bonds. The molecular weight excluding hydrogens is 304 g/mol. The Hall–Kier alpha value is -2.54. The van der Waals surface area contributed by atoms with Crippen LogP contribution in [0, 0.1) is 0 Å². The first kappa shape index (κ1) is 15.8. The molecular formula is C15H16N2O4S. The monoisotopic (exact) mass is 320 g/mol. The van der Waals surface area contributed by atoms with Crippen LogP contribution in [0.3, 0.4) is 0 Å². The number of nitrogens with one attached hydrogen (secondary N) is 2. The van der Waals surface area contributed by atoms with Crippen molar-refractivity contribution < 1.29 is 17.9 Å². The summed E-state index contributed by atoms with van der Waals surface area (Å²) in [7, 11) is -2.25. The molecule has 0 atom stereocenters.